The second-order valence-electron chi connectivity index (χ2n) is 5.26. The van der Waals surface area contributed by atoms with E-state index in [0.717, 1.165) is 19.3 Å². The van der Waals surface area contributed by atoms with Crippen molar-refractivity contribution in [2.24, 2.45) is 0 Å². The van der Waals surface area contributed by atoms with E-state index in [1.165, 1.54) is 18.1 Å². The smallest absolute Gasteiger partial charge is 0.188 e. The van der Waals surface area contributed by atoms with Crippen LogP contribution in [-0.4, -0.2) is 42.9 Å². The Hall–Kier alpha value is -1.47. The fourth-order valence-electron chi connectivity index (χ4n) is 2.58. The SMILES string of the molecule is CSc1ncc2ncnc(N[C@@H]3CCC[C@@]3(C)O)c2n1. The van der Waals surface area contributed by atoms with Gasteiger partial charge in [0.2, 0.25) is 0 Å². The molecule has 2 heterocycles. The Balaban J connectivity index is 1.98. The number of rotatable bonds is 3. The Morgan fingerprint density at radius 3 is 2.95 bits per heavy atom. The van der Waals surface area contributed by atoms with Gasteiger partial charge in [-0.3, -0.25) is 0 Å². The van der Waals surface area contributed by atoms with Crippen LogP contribution >= 0.6 is 11.8 Å². The number of hydrogen-bond acceptors (Lipinski definition) is 7. The number of anilines is 1. The Kier molecular flexibility index (Phi) is 3.47. The van der Waals surface area contributed by atoms with Gasteiger partial charge in [-0.25, -0.2) is 19.9 Å². The number of thioether (sulfide) groups is 1. The normalized spacial score (nSPS) is 26.1. The lowest BCUT2D eigenvalue weighted by Gasteiger charge is -2.27. The molecule has 0 unspecified atom stereocenters. The Labute approximate surface area is 121 Å². The van der Waals surface area contributed by atoms with E-state index in [-0.39, 0.29) is 6.04 Å². The second kappa shape index (κ2) is 5.14. The molecule has 0 aliphatic heterocycles. The number of fused-ring (bicyclic) bond motifs is 1. The summed E-state index contributed by atoms with van der Waals surface area (Å²) >= 11 is 1.48. The van der Waals surface area contributed by atoms with Crippen molar-refractivity contribution >= 4 is 28.6 Å². The first-order valence-electron chi connectivity index (χ1n) is 6.61. The zero-order valence-corrected chi connectivity index (χ0v) is 12.3. The van der Waals surface area contributed by atoms with Crippen LogP contribution < -0.4 is 5.32 Å². The molecule has 2 atom stereocenters. The standard InChI is InChI=1S/C13H17N5OS/c1-13(19)5-3-4-9(13)17-11-10-8(15-7-16-11)6-14-12(18-10)20-2/h6-7,9,19H,3-5H2,1-2H3,(H,15,16,17)/t9-,13-/m1/s1. The van der Waals surface area contributed by atoms with E-state index < -0.39 is 5.60 Å². The van der Waals surface area contributed by atoms with Crippen LogP contribution in [0.15, 0.2) is 17.7 Å². The summed E-state index contributed by atoms with van der Waals surface area (Å²) in [5, 5.41) is 14.4. The summed E-state index contributed by atoms with van der Waals surface area (Å²) in [6.45, 7) is 1.86. The van der Waals surface area contributed by atoms with Crippen molar-refractivity contribution in [2.45, 2.75) is 43.0 Å². The Morgan fingerprint density at radius 2 is 2.25 bits per heavy atom. The maximum atomic E-state index is 10.3. The molecule has 0 saturated heterocycles. The maximum absolute atomic E-state index is 10.3. The van der Waals surface area contributed by atoms with E-state index in [2.05, 4.69) is 25.3 Å². The summed E-state index contributed by atoms with van der Waals surface area (Å²) in [6.07, 6.45) is 7.88. The van der Waals surface area contributed by atoms with Gasteiger partial charge in [-0.2, -0.15) is 0 Å². The number of hydrogen-bond donors (Lipinski definition) is 2. The van der Waals surface area contributed by atoms with E-state index in [1.807, 2.05) is 13.2 Å². The van der Waals surface area contributed by atoms with E-state index in [0.29, 0.717) is 22.0 Å². The summed E-state index contributed by atoms with van der Waals surface area (Å²) in [6, 6.07) is -0.00621. The maximum Gasteiger partial charge on any atom is 0.188 e. The predicted octanol–water partition coefficient (Wildman–Crippen LogP) is 1.86. The molecular weight excluding hydrogens is 274 g/mol. The van der Waals surface area contributed by atoms with Gasteiger partial charge in [-0.15, -0.1) is 0 Å². The van der Waals surface area contributed by atoms with Crippen molar-refractivity contribution in [3.63, 3.8) is 0 Å². The van der Waals surface area contributed by atoms with Crippen LogP contribution in [0.25, 0.3) is 11.0 Å². The minimum atomic E-state index is -0.702. The van der Waals surface area contributed by atoms with Gasteiger partial charge in [-0.05, 0) is 32.4 Å². The molecule has 1 aliphatic rings. The summed E-state index contributed by atoms with van der Waals surface area (Å²) in [4.78, 5) is 17.1. The Bertz CT molecular complexity index is 633. The molecular formula is C13H17N5OS. The molecule has 6 nitrogen and oxygen atoms in total. The van der Waals surface area contributed by atoms with Gasteiger partial charge in [-0.1, -0.05) is 11.8 Å². The van der Waals surface area contributed by atoms with Crippen LogP contribution in [0.1, 0.15) is 26.2 Å². The minimum absolute atomic E-state index is 0.00621. The average Bonchev–Trinajstić information content (AvgIpc) is 2.78. The fourth-order valence-corrected chi connectivity index (χ4v) is 2.92. The van der Waals surface area contributed by atoms with E-state index >= 15 is 0 Å². The first kappa shape index (κ1) is 13.5. The van der Waals surface area contributed by atoms with Crippen molar-refractivity contribution in [2.75, 3.05) is 11.6 Å². The lowest BCUT2D eigenvalue weighted by Crippen LogP contribution is -2.39. The number of aliphatic hydroxyl groups is 1. The molecule has 7 heteroatoms. The van der Waals surface area contributed by atoms with E-state index in [9.17, 15) is 5.11 Å². The van der Waals surface area contributed by atoms with Crippen LogP contribution in [0, 0.1) is 0 Å². The highest BCUT2D eigenvalue weighted by molar-refractivity contribution is 7.98. The summed E-state index contributed by atoms with van der Waals surface area (Å²) in [5.74, 6) is 0.667. The van der Waals surface area contributed by atoms with E-state index in [4.69, 9.17) is 0 Å². The lowest BCUT2D eigenvalue weighted by atomic mass is 10.0. The predicted molar refractivity (Wildman–Crippen MR) is 78.8 cm³/mol. The molecule has 0 aromatic carbocycles. The molecule has 1 fully saturated rings. The van der Waals surface area contributed by atoms with Crippen molar-refractivity contribution in [1.29, 1.82) is 0 Å². The molecule has 0 bridgehead atoms. The lowest BCUT2D eigenvalue weighted by molar-refractivity contribution is 0.0578. The van der Waals surface area contributed by atoms with Gasteiger partial charge in [0.1, 0.15) is 17.4 Å². The van der Waals surface area contributed by atoms with Gasteiger partial charge < -0.3 is 10.4 Å². The van der Waals surface area contributed by atoms with Crippen LogP contribution in [0.2, 0.25) is 0 Å². The third-order valence-electron chi connectivity index (χ3n) is 3.78. The summed E-state index contributed by atoms with van der Waals surface area (Å²) in [7, 11) is 0. The first-order chi connectivity index (χ1) is 9.60. The zero-order chi connectivity index (χ0) is 14.2. The molecule has 3 rings (SSSR count). The molecule has 0 amide bonds. The fraction of sp³-hybridized carbons (Fsp3) is 0.538. The van der Waals surface area contributed by atoms with Gasteiger partial charge in [0.15, 0.2) is 11.0 Å². The third-order valence-corrected chi connectivity index (χ3v) is 4.34. The van der Waals surface area contributed by atoms with E-state index in [1.54, 1.807) is 6.20 Å². The molecule has 2 aromatic rings. The highest BCUT2D eigenvalue weighted by Crippen LogP contribution is 2.32. The van der Waals surface area contributed by atoms with Crippen molar-refractivity contribution in [1.82, 2.24) is 19.9 Å². The number of aromatic nitrogens is 4. The van der Waals surface area contributed by atoms with Crippen molar-refractivity contribution < 1.29 is 5.11 Å². The highest BCUT2D eigenvalue weighted by atomic mass is 32.2. The average molecular weight is 291 g/mol. The number of nitrogens with one attached hydrogen (secondary N) is 1. The van der Waals surface area contributed by atoms with Crippen LogP contribution in [-0.2, 0) is 0 Å². The van der Waals surface area contributed by atoms with Crippen LogP contribution in [0.3, 0.4) is 0 Å². The summed E-state index contributed by atoms with van der Waals surface area (Å²) in [5.41, 5.74) is 0.708. The highest BCUT2D eigenvalue weighted by Gasteiger charge is 2.37. The Morgan fingerprint density at radius 1 is 1.40 bits per heavy atom. The van der Waals surface area contributed by atoms with Gasteiger partial charge in [0, 0.05) is 0 Å². The third kappa shape index (κ3) is 2.43. The molecule has 1 aliphatic carbocycles. The quantitative estimate of drug-likeness (QED) is 0.659. The molecule has 20 heavy (non-hydrogen) atoms. The van der Waals surface area contributed by atoms with Gasteiger partial charge in [0.25, 0.3) is 0 Å². The van der Waals surface area contributed by atoms with Gasteiger partial charge >= 0.3 is 0 Å². The minimum Gasteiger partial charge on any atom is -0.388 e. The van der Waals surface area contributed by atoms with Gasteiger partial charge in [0.05, 0.1) is 17.8 Å². The number of nitrogens with zero attached hydrogens (tertiary/aromatic N) is 4. The molecule has 2 aromatic heterocycles. The first-order valence-corrected chi connectivity index (χ1v) is 7.83. The largest absolute Gasteiger partial charge is 0.388 e. The molecule has 1 saturated carbocycles. The zero-order valence-electron chi connectivity index (χ0n) is 11.5. The van der Waals surface area contributed by atoms with Crippen molar-refractivity contribution in [3.8, 4) is 0 Å². The molecule has 0 spiro atoms. The monoisotopic (exact) mass is 291 g/mol. The molecule has 0 radical (unpaired) electrons. The van der Waals surface area contributed by atoms with Crippen molar-refractivity contribution in [3.05, 3.63) is 12.5 Å². The summed E-state index contributed by atoms with van der Waals surface area (Å²) < 4.78 is 0. The van der Waals surface area contributed by atoms with Crippen LogP contribution in [0.4, 0.5) is 5.82 Å². The van der Waals surface area contributed by atoms with Crippen LogP contribution in [0.5, 0.6) is 0 Å². The second-order valence-corrected chi connectivity index (χ2v) is 6.03. The molecule has 2 N–H and O–H groups in total. The molecule has 106 valence electrons. The topological polar surface area (TPSA) is 83.8 Å².